The monoisotopic (exact) mass is 284 g/mol. The zero-order valence-corrected chi connectivity index (χ0v) is 12.3. The lowest BCUT2D eigenvalue weighted by Crippen LogP contribution is -2.38. The molecule has 5 nitrogen and oxygen atoms in total. The van der Waals surface area contributed by atoms with Gasteiger partial charge in [0.25, 0.3) is 5.91 Å². The Balaban J connectivity index is 2.83. The molecule has 0 saturated heterocycles. The molecule has 0 aliphatic carbocycles. The number of nitrogens with two attached hydrogens (primary N) is 1. The van der Waals surface area contributed by atoms with Crippen LogP contribution in [0.3, 0.4) is 0 Å². The van der Waals surface area contributed by atoms with E-state index in [1.807, 2.05) is 6.92 Å². The summed E-state index contributed by atoms with van der Waals surface area (Å²) in [6.07, 6.45) is 2.03. The van der Waals surface area contributed by atoms with Crippen LogP contribution in [0.4, 0.5) is 5.82 Å². The molecule has 1 unspecified atom stereocenters. The second-order valence-corrected chi connectivity index (χ2v) is 4.92. The Kier molecular flexibility index (Phi) is 6.05. The molecule has 0 radical (unpaired) electrons. The minimum Gasteiger partial charge on any atom is -0.348 e. The fourth-order valence-corrected chi connectivity index (χ4v) is 2.26. The number of aromatic nitrogens is 1. The van der Waals surface area contributed by atoms with Crippen LogP contribution in [0, 0.1) is 5.92 Å². The van der Waals surface area contributed by atoms with Crippen molar-refractivity contribution in [2.75, 3.05) is 5.43 Å². The van der Waals surface area contributed by atoms with Crippen LogP contribution in [-0.4, -0.2) is 16.9 Å². The largest absolute Gasteiger partial charge is 0.348 e. The number of hydrogen-bond acceptors (Lipinski definition) is 4. The Labute approximate surface area is 118 Å². The lowest BCUT2D eigenvalue weighted by molar-refractivity contribution is 0.0920. The Bertz CT molecular complexity index is 435. The van der Waals surface area contributed by atoms with Crippen molar-refractivity contribution in [1.82, 2.24) is 10.3 Å². The van der Waals surface area contributed by atoms with Gasteiger partial charge in [-0.2, -0.15) is 0 Å². The lowest BCUT2D eigenvalue weighted by Gasteiger charge is -2.22. The molecule has 0 bridgehead atoms. The highest BCUT2D eigenvalue weighted by Crippen LogP contribution is 2.18. The van der Waals surface area contributed by atoms with Gasteiger partial charge in [-0.3, -0.25) is 4.79 Å². The van der Waals surface area contributed by atoms with E-state index in [0.717, 1.165) is 12.8 Å². The summed E-state index contributed by atoms with van der Waals surface area (Å²) in [5.74, 6) is 5.85. The zero-order chi connectivity index (χ0) is 14.4. The van der Waals surface area contributed by atoms with Gasteiger partial charge in [0.15, 0.2) is 0 Å². The number of carbonyl (C=O) groups excluding carboxylic acids is 1. The van der Waals surface area contributed by atoms with Gasteiger partial charge >= 0.3 is 0 Å². The van der Waals surface area contributed by atoms with Crippen molar-refractivity contribution in [3.8, 4) is 0 Å². The van der Waals surface area contributed by atoms with Crippen molar-refractivity contribution in [3.63, 3.8) is 0 Å². The highest BCUT2D eigenvalue weighted by Gasteiger charge is 2.19. The molecule has 0 spiro atoms. The quantitative estimate of drug-likeness (QED) is 0.554. The van der Waals surface area contributed by atoms with Gasteiger partial charge in [-0.15, -0.1) is 0 Å². The highest BCUT2D eigenvalue weighted by molar-refractivity contribution is 6.33. The van der Waals surface area contributed by atoms with Gasteiger partial charge in [0.1, 0.15) is 11.5 Å². The number of nitrogens with zero attached hydrogens (tertiary/aromatic N) is 1. The zero-order valence-electron chi connectivity index (χ0n) is 11.5. The SMILES string of the molecule is CCC(CC)C(C)NC(=O)c1nc(NN)ccc1Cl. The molecule has 0 fully saturated rings. The first kappa shape index (κ1) is 15.7. The highest BCUT2D eigenvalue weighted by atomic mass is 35.5. The van der Waals surface area contributed by atoms with Gasteiger partial charge in [-0.1, -0.05) is 38.3 Å². The Morgan fingerprint density at radius 1 is 1.42 bits per heavy atom. The molecule has 0 aliphatic rings. The summed E-state index contributed by atoms with van der Waals surface area (Å²) in [5, 5.41) is 3.25. The van der Waals surface area contributed by atoms with E-state index in [1.54, 1.807) is 12.1 Å². The molecule has 1 aromatic rings. The molecule has 0 aliphatic heterocycles. The van der Waals surface area contributed by atoms with Crippen LogP contribution in [0.5, 0.6) is 0 Å². The van der Waals surface area contributed by atoms with Crippen LogP contribution in [-0.2, 0) is 0 Å². The second kappa shape index (κ2) is 7.31. The molecule has 1 atom stereocenters. The van der Waals surface area contributed by atoms with Crippen LogP contribution >= 0.6 is 11.6 Å². The predicted octanol–water partition coefficient (Wildman–Crippen LogP) is 2.58. The summed E-state index contributed by atoms with van der Waals surface area (Å²) in [6.45, 7) is 6.22. The molecule has 0 saturated carbocycles. The van der Waals surface area contributed by atoms with Gasteiger partial charge < -0.3 is 10.7 Å². The standard InChI is InChI=1S/C13H21ClN4O/c1-4-9(5-2)8(3)16-13(19)12-10(14)6-7-11(17-12)18-15/h6-9H,4-5,15H2,1-3H3,(H,16,19)(H,17,18). The lowest BCUT2D eigenvalue weighted by atomic mass is 9.95. The van der Waals surface area contributed by atoms with Crippen molar-refractivity contribution < 1.29 is 4.79 Å². The number of carbonyl (C=O) groups is 1. The van der Waals surface area contributed by atoms with Crippen molar-refractivity contribution >= 4 is 23.3 Å². The number of rotatable bonds is 6. The molecule has 106 valence electrons. The van der Waals surface area contributed by atoms with E-state index in [1.165, 1.54) is 0 Å². The molecule has 19 heavy (non-hydrogen) atoms. The van der Waals surface area contributed by atoms with Crippen LogP contribution in [0.1, 0.15) is 44.1 Å². The van der Waals surface area contributed by atoms with Gasteiger partial charge in [-0.05, 0) is 25.0 Å². The van der Waals surface area contributed by atoms with Crippen LogP contribution in [0.15, 0.2) is 12.1 Å². The normalized spacial score (nSPS) is 12.3. The molecule has 4 N–H and O–H groups in total. The topological polar surface area (TPSA) is 80.0 Å². The number of hydrazine groups is 1. The van der Waals surface area contributed by atoms with Crippen LogP contribution in [0.25, 0.3) is 0 Å². The molecular formula is C13H21ClN4O. The maximum absolute atomic E-state index is 12.2. The smallest absolute Gasteiger partial charge is 0.271 e. The van der Waals surface area contributed by atoms with Crippen LogP contribution in [0.2, 0.25) is 5.02 Å². The molecule has 1 aromatic heterocycles. The average Bonchev–Trinajstić information content (AvgIpc) is 2.40. The fourth-order valence-electron chi connectivity index (χ4n) is 2.07. The van der Waals surface area contributed by atoms with Gasteiger partial charge in [0.05, 0.1) is 5.02 Å². The molecule has 1 amide bonds. The first-order valence-electron chi connectivity index (χ1n) is 6.47. The summed E-state index contributed by atoms with van der Waals surface area (Å²) in [4.78, 5) is 16.2. The van der Waals surface area contributed by atoms with E-state index >= 15 is 0 Å². The van der Waals surface area contributed by atoms with Gasteiger partial charge in [0.2, 0.25) is 0 Å². The Morgan fingerprint density at radius 2 is 2.05 bits per heavy atom. The van der Waals surface area contributed by atoms with Crippen molar-refractivity contribution in [2.45, 2.75) is 39.7 Å². The molecular weight excluding hydrogens is 264 g/mol. The van der Waals surface area contributed by atoms with Crippen molar-refractivity contribution in [3.05, 3.63) is 22.8 Å². The minimum absolute atomic E-state index is 0.0786. The van der Waals surface area contributed by atoms with E-state index < -0.39 is 0 Å². The van der Waals surface area contributed by atoms with Gasteiger partial charge in [0, 0.05) is 6.04 Å². The average molecular weight is 285 g/mol. The Hall–Kier alpha value is -1.33. The number of nitrogen functional groups attached to an aromatic ring is 1. The van der Waals surface area contributed by atoms with E-state index in [-0.39, 0.29) is 17.6 Å². The predicted molar refractivity (Wildman–Crippen MR) is 78.1 cm³/mol. The maximum atomic E-state index is 12.2. The first-order valence-corrected chi connectivity index (χ1v) is 6.85. The summed E-state index contributed by atoms with van der Waals surface area (Å²) < 4.78 is 0. The summed E-state index contributed by atoms with van der Waals surface area (Å²) in [5.41, 5.74) is 2.59. The molecule has 6 heteroatoms. The first-order chi connectivity index (χ1) is 9.03. The number of halogens is 1. The molecule has 1 rings (SSSR count). The van der Waals surface area contributed by atoms with E-state index in [4.69, 9.17) is 17.4 Å². The third-order valence-electron chi connectivity index (χ3n) is 3.32. The van der Waals surface area contributed by atoms with Crippen LogP contribution < -0.4 is 16.6 Å². The van der Waals surface area contributed by atoms with Gasteiger partial charge in [-0.25, -0.2) is 10.8 Å². The number of pyridine rings is 1. The molecule has 1 heterocycles. The third-order valence-corrected chi connectivity index (χ3v) is 3.63. The number of anilines is 1. The van der Waals surface area contributed by atoms with Crippen molar-refractivity contribution in [2.24, 2.45) is 11.8 Å². The summed E-state index contributed by atoms with van der Waals surface area (Å²) in [6, 6.07) is 3.29. The van der Waals surface area contributed by atoms with Crippen molar-refractivity contribution in [1.29, 1.82) is 0 Å². The number of hydrogen-bond donors (Lipinski definition) is 3. The van der Waals surface area contributed by atoms with E-state index in [0.29, 0.717) is 16.8 Å². The Morgan fingerprint density at radius 3 is 2.58 bits per heavy atom. The fraction of sp³-hybridized carbons (Fsp3) is 0.538. The second-order valence-electron chi connectivity index (χ2n) is 4.51. The minimum atomic E-state index is -0.276. The summed E-state index contributed by atoms with van der Waals surface area (Å²) >= 11 is 5.99. The third kappa shape index (κ3) is 4.08. The number of nitrogens with one attached hydrogen (secondary N) is 2. The van der Waals surface area contributed by atoms with E-state index in [2.05, 4.69) is 29.6 Å². The molecule has 0 aromatic carbocycles. The maximum Gasteiger partial charge on any atom is 0.271 e. The van der Waals surface area contributed by atoms with E-state index in [9.17, 15) is 4.79 Å². The number of amides is 1. The summed E-state index contributed by atoms with van der Waals surface area (Å²) in [7, 11) is 0.